The van der Waals surface area contributed by atoms with Crippen molar-refractivity contribution in [1.29, 1.82) is 0 Å². The molecule has 0 atom stereocenters. The Bertz CT molecular complexity index is 546. The Morgan fingerprint density at radius 2 is 1.83 bits per heavy atom. The second kappa shape index (κ2) is 8.48. The number of aliphatic hydroxyl groups excluding tert-OH is 1. The molecule has 2 rings (SSSR count). The van der Waals surface area contributed by atoms with Crippen molar-refractivity contribution < 1.29 is 14.7 Å². The number of hydrogen-bond acceptors (Lipinski definition) is 3. The third-order valence-electron chi connectivity index (χ3n) is 4.31. The van der Waals surface area contributed by atoms with Crippen molar-refractivity contribution in [2.75, 3.05) is 6.61 Å². The SMILES string of the molecule is C=CC(=O)NCc1ccc(C(=O)NC2CCC(CO)CC2)cc1. The molecule has 0 aromatic heterocycles. The van der Waals surface area contributed by atoms with E-state index in [2.05, 4.69) is 17.2 Å². The predicted octanol–water partition coefficient (Wildman–Crippen LogP) is 1.77. The fourth-order valence-corrected chi connectivity index (χ4v) is 2.79. The summed E-state index contributed by atoms with van der Waals surface area (Å²) in [6.45, 7) is 4.05. The zero-order valence-electron chi connectivity index (χ0n) is 13.3. The van der Waals surface area contributed by atoms with Gasteiger partial charge in [-0.3, -0.25) is 9.59 Å². The molecule has 0 saturated heterocycles. The third-order valence-corrected chi connectivity index (χ3v) is 4.31. The first-order valence-electron chi connectivity index (χ1n) is 8.03. The maximum atomic E-state index is 12.2. The highest BCUT2D eigenvalue weighted by Gasteiger charge is 2.22. The van der Waals surface area contributed by atoms with Gasteiger partial charge in [-0.15, -0.1) is 0 Å². The van der Waals surface area contributed by atoms with Crippen LogP contribution >= 0.6 is 0 Å². The van der Waals surface area contributed by atoms with Gasteiger partial charge in [-0.1, -0.05) is 18.7 Å². The van der Waals surface area contributed by atoms with Gasteiger partial charge in [0.2, 0.25) is 5.91 Å². The van der Waals surface area contributed by atoms with Crippen LogP contribution in [0, 0.1) is 5.92 Å². The molecule has 1 aliphatic carbocycles. The largest absolute Gasteiger partial charge is 0.396 e. The van der Waals surface area contributed by atoms with E-state index >= 15 is 0 Å². The Hall–Kier alpha value is -2.14. The molecule has 3 N–H and O–H groups in total. The van der Waals surface area contributed by atoms with E-state index in [1.54, 1.807) is 12.1 Å². The Kier molecular flexibility index (Phi) is 6.35. The van der Waals surface area contributed by atoms with Gasteiger partial charge in [0.25, 0.3) is 5.91 Å². The first-order chi connectivity index (χ1) is 11.1. The zero-order valence-corrected chi connectivity index (χ0v) is 13.3. The van der Waals surface area contributed by atoms with Crippen LogP contribution in [0.15, 0.2) is 36.9 Å². The highest BCUT2D eigenvalue weighted by atomic mass is 16.3. The smallest absolute Gasteiger partial charge is 0.251 e. The highest BCUT2D eigenvalue weighted by molar-refractivity contribution is 5.94. The first kappa shape index (κ1) is 17.2. The normalized spacial score (nSPS) is 20.6. The minimum absolute atomic E-state index is 0.0703. The third kappa shape index (κ3) is 5.21. The quantitative estimate of drug-likeness (QED) is 0.700. The molecule has 1 saturated carbocycles. The molecule has 0 heterocycles. The second-order valence-corrected chi connectivity index (χ2v) is 5.99. The van der Waals surface area contributed by atoms with Crippen LogP contribution in [0.3, 0.4) is 0 Å². The molecule has 1 aromatic rings. The molecule has 1 aromatic carbocycles. The summed E-state index contributed by atoms with van der Waals surface area (Å²) < 4.78 is 0. The number of carbonyl (C=O) groups excluding carboxylic acids is 2. The van der Waals surface area contributed by atoms with Crippen molar-refractivity contribution in [1.82, 2.24) is 10.6 Å². The Balaban J connectivity index is 1.83. The molecule has 5 nitrogen and oxygen atoms in total. The maximum Gasteiger partial charge on any atom is 0.251 e. The molecule has 1 aliphatic rings. The molecule has 0 radical (unpaired) electrons. The zero-order chi connectivity index (χ0) is 16.7. The van der Waals surface area contributed by atoms with E-state index < -0.39 is 0 Å². The highest BCUT2D eigenvalue weighted by Crippen LogP contribution is 2.23. The van der Waals surface area contributed by atoms with E-state index in [0.29, 0.717) is 18.0 Å². The van der Waals surface area contributed by atoms with Gasteiger partial charge in [-0.25, -0.2) is 0 Å². The maximum absolute atomic E-state index is 12.2. The van der Waals surface area contributed by atoms with Crippen molar-refractivity contribution in [3.05, 3.63) is 48.0 Å². The average Bonchev–Trinajstić information content (AvgIpc) is 2.60. The topological polar surface area (TPSA) is 78.4 Å². The van der Waals surface area contributed by atoms with E-state index in [1.807, 2.05) is 12.1 Å². The van der Waals surface area contributed by atoms with Crippen molar-refractivity contribution in [2.24, 2.45) is 5.92 Å². The Morgan fingerprint density at radius 1 is 1.17 bits per heavy atom. The number of amides is 2. The molecule has 0 aliphatic heterocycles. The standard InChI is InChI=1S/C18H24N2O3/c1-2-17(22)19-11-13-3-7-15(8-4-13)18(23)20-16-9-5-14(12-21)6-10-16/h2-4,7-8,14,16,21H,1,5-6,9-12H2,(H,19,22)(H,20,23). The van der Waals surface area contributed by atoms with E-state index in [0.717, 1.165) is 31.2 Å². The molecule has 23 heavy (non-hydrogen) atoms. The fourth-order valence-electron chi connectivity index (χ4n) is 2.79. The molecule has 124 valence electrons. The number of benzene rings is 1. The van der Waals surface area contributed by atoms with Crippen molar-refractivity contribution in [3.8, 4) is 0 Å². The van der Waals surface area contributed by atoms with Gasteiger partial charge in [0.05, 0.1) is 0 Å². The van der Waals surface area contributed by atoms with Crippen LogP contribution in [0.1, 0.15) is 41.6 Å². The molecule has 0 bridgehead atoms. The van der Waals surface area contributed by atoms with Gasteiger partial charge in [0, 0.05) is 24.8 Å². The van der Waals surface area contributed by atoms with E-state index in [1.165, 1.54) is 6.08 Å². The Morgan fingerprint density at radius 3 is 2.39 bits per heavy atom. The number of rotatable bonds is 6. The van der Waals surface area contributed by atoms with E-state index in [-0.39, 0.29) is 24.5 Å². The van der Waals surface area contributed by atoms with E-state index in [4.69, 9.17) is 5.11 Å². The lowest BCUT2D eigenvalue weighted by molar-refractivity contribution is -0.116. The summed E-state index contributed by atoms with van der Waals surface area (Å²) in [4.78, 5) is 23.4. The van der Waals surface area contributed by atoms with Crippen LogP contribution in [0.25, 0.3) is 0 Å². The molecular weight excluding hydrogens is 292 g/mol. The van der Waals surface area contributed by atoms with Gasteiger partial charge in [0.1, 0.15) is 0 Å². The van der Waals surface area contributed by atoms with Crippen molar-refractivity contribution in [2.45, 2.75) is 38.3 Å². The molecular formula is C18H24N2O3. The van der Waals surface area contributed by atoms with Gasteiger partial charge in [-0.2, -0.15) is 0 Å². The molecule has 5 heteroatoms. The van der Waals surface area contributed by atoms with Crippen LogP contribution in [0.4, 0.5) is 0 Å². The van der Waals surface area contributed by atoms with Crippen LogP contribution in [-0.4, -0.2) is 29.6 Å². The van der Waals surface area contributed by atoms with Crippen LogP contribution in [0.2, 0.25) is 0 Å². The number of carbonyl (C=O) groups is 2. The number of aliphatic hydroxyl groups is 1. The summed E-state index contributed by atoms with van der Waals surface area (Å²) in [6.07, 6.45) is 4.99. The molecule has 0 spiro atoms. The van der Waals surface area contributed by atoms with Crippen molar-refractivity contribution >= 4 is 11.8 Å². The second-order valence-electron chi connectivity index (χ2n) is 5.99. The summed E-state index contributed by atoms with van der Waals surface area (Å²) >= 11 is 0. The summed E-state index contributed by atoms with van der Waals surface area (Å²) in [5.74, 6) is 0.0950. The van der Waals surface area contributed by atoms with Gasteiger partial charge >= 0.3 is 0 Å². The van der Waals surface area contributed by atoms with Crippen molar-refractivity contribution in [3.63, 3.8) is 0 Å². The summed E-state index contributed by atoms with van der Waals surface area (Å²) in [7, 11) is 0. The van der Waals surface area contributed by atoms with Gasteiger partial charge in [0.15, 0.2) is 0 Å². The predicted molar refractivity (Wildman–Crippen MR) is 88.8 cm³/mol. The fraction of sp³-hybridized carbons (Fsp3) is 0.444. The minimum atomic E-state index is -0.217. The number of nitrogens with one attached hydrogen (secondary N) is 2. The summed E-state index contributed by atoms with van der Waals surface area (Å²) in [6, 6.07) is 7.40. The van der Waals surface area contributed by atoms with Crippen LogP contribution in [0.5, 0.6) is 0 Å². The molecule has 0 unspecified atom stereocenters. The molecule has 2 amide bonds. The lowest BCUT2D eigenvalue weighted by atomic mass is 9.86. The first-order valence-corrected chi connectivity index (χ1v) is 8.03. The average molecular weight is 316 g/mol. The summed E-state index contributed by atoms with van der Waals surface area (Å²) in [5, 5.41) is 14.9. The van der Waals surface area contributed by atoms with Gasteiger partial charge < -0.3 is 15.7 Å². The number of hydrogen-bond donors (Lipinski definition) is 3. The van der Waals surface area contributed by atoms with Gasteiger partial charge in [-0.05, 0) is 55.4 Å². The van der Waals surface area contributed by atoms with E-state index in [9.17, 15) is 9.59 Å². The Labute approximate surface area is 136 Å². The lowest BCUT2D eigenvalue weighted by Gasteiger charge is -2.28. The molecule has 1 fully saturated rings. The summed E-state index contributed by atoms with van der Waals surface area (Å²) in [5.41, 5.74) is 1.55. The lowest BCUT2D eigenvalue weighted by Crippen LogP contribution is -2.38. The monoisotopic (exact) mass is 316 g/mol. The minimum Gasteiger partial charge on any atom is -0.396 e. The van der Waals surface area contributed by atoms with Crippen LogP contribution < -0.4 is 10.6 Å². The van der Waals surface area contributed by atoms with Crippen LogP contribution in [-0.2, 0) is 11.3 Å².